The van der Waals surface area contributed by atoms with E-state index in [0.717, 1.165) is 24.2 Å². The molecule has 0 saturated heterocycles. The Balaban J connectivity index is 2.31. The van der Waals surface area contributed by atoms with Crippen LogP contribution < -0.4 is 4.72 Å². The molecule has 0 unspecified atom stereocenters. The summed E-state index contributed by atoms with van der Waals surface area (Å²) in [4.78, 5) is 0. The molecule has 0 spiro atoms. The first kappa shape index (κ1) is 15.2. The third-order valence-electron chi connectivity index (χ3n) is 2.68. The van der Waals surface area contributed by atoms with Gasteiger partial charge in [-0.25, -0.2) is 13.1 Å². The summed E-state index contributed by atoms with van der Waals surface area (Å²) in [5.41, 5.74) is 1.85. The predicted molar refractivity (Wildman–Crippen MR) is 81.3 cm³/mol. The van der Waals surface area contributed by atoms with Crippen molar-refractivity contribution in [2.24, 2.45) is 0 Å². The Morgan fingerprint density at radius 1 is 1.45 bits per heavy atom. The molecule has 0 aromatic carbocycles. The van der Waals surface area contributed by atoms with Gasteiger partial charge in [0, 0.05) is 29.7 Å². The maximum Gasteiger partial charge on any atom is 0.250 e. The summed E-state index contributed by atoms with van der Waals surface area (Å²) >= 11 is 1.23. The molecule has 2 aromatic rings. The zero-order valence-corrected chi connectivity index (χ0v) is 13.5. The lowest BCUT2D eigenvalue weighted by Gasteiger charge is -2.07. The highest BCUT2D eigenvalue weighted by Gasteiger charge is 2.19. The number of nitrogens with zero attached hydrogens (tertiary/aromatic N) is 2. The Morgan fingerprint density at radius 2 is 2.20 bits per heavy atom. The summed E-state index contributed by atoms with van der Waals surface area (Å²) in [5.74, 6) is 0. The summed E-state index contributed by atoms with van der Waals surface area (Å²) in [5, 5.41) is 6.12. The molecule has 0 saturated carbocycles. The van der Waals surface area contributed by atoms with Crippen molar-refractivity contribution in [2.75, 3.05) is 0 Å². The maximum absolute atomic E-state index is 12.1. The number of aryl methyl sites for hydroxylation is 1. The second-order valence-corrected chi connectivity index (χ2v) is 7.72. The Labute approximate surface area is 123 Å². The molecule has 2 heterocycles. The van der Waals surface area contributed by atoms with Crippen LogP contribution in [0.1, 0.15) is 27.2 Å². The van der Waals surface area contributed by atoms with Crippen molar-refractivity contribution >= 4 is 21.4 Å². The maximum atomic E-state index is 12.1. The van der Waals surface area contributed by atoms with Crippen LogP contribution in [0.2, 0.25) is 0 Å². The summed E-state index contributed by atoms with van der Waals surface area (Å²) < 4.78 is 29.1. The van der Waals surface area contributed by atoms with Crippen molar-refractivity contribution in [1.82, 2.24) is 14.5 Å². The lowest BCUT2D eigenvalue weighted by atomic mass is 10.2. The number of hydrogen-bond donors (Lipinski definition) is 1. The van der Waals surface area contributed by atoms with E-state index in [9.17, 15) is 8.42 Å². The van der Waals surface area contributed by atoms with Crippen LogP contribution in [0, 0.1) is 0 Å². The molecule has 0 bridgehead atoms. The van der Waals surface area contributed by atoms with Gasteiger partial charge in [0.05, 0.1) is 5.69 Å². The molecule has 0 radical (unpaired) electrons. The lowest BCUT2D eigenvalue weighted by Crippen LogP contribution is -2.29. The standard InChI is InChI=1S/C13H19N3O2S2/c1-4-7-16-12(5-6-14-16)11-8-13(19-9-11)20(17,18)15-10(2)3/h5-6,8-10,15H,4,7H2,1-3H3. The van der Waals surface area contributed by atoms with Crippen LogP contribution in [0.25, 0.3) is 11.3 Å². The Bertz CT molecular complexity index is 671. The average Bonchev–Trinajstić information content (AvgIpc) is 2.94. The number of thiophene rings is 1. The second-order valence-electron chi connectivity index (χ2n) is 4.87. The van der Waals surface area contributed by atoms with Gasteiger partial charge in [0.25, 0.3) is 0 Å². The van der Waals surface area contributed by atoms with E-state index in [0.29, 0.717) is 4.21 Å². The van der Waals surface area contributed by atoms with E-state index in [1.165, 1.54) is 11.3 Å². The van der Waals surface area contributed by atoms with E-state index in [1.54, 1.807) is 12.3 Å². The molecule has 0 aliphatic heterocycles. The zero-order valence-electron chi connectivity index (χ0n) is 11.8. The molecule has 2 aromatic heterocycles. The Hall–Kier alpha value is -1.18. The first-order valence-corrected chi connectivity index (χ1v) is 8.93. The molecule has 20 heavy (non-hydrogen) atoms. The molecule has 0 fully saturated rings. The van der Waals surface area contributed by atoms with Gasteiger partial charge in [0.2, 0.25) is 10.0 Å². The van der Waals surface area contributed by atoms with Gasteiger partial charge in [-0.1, -0.05) is 6.92 Å². The monoisotopic (exact) mass is 313 g/mol. The van der Waals surface area contributed by atoms with Crippen molar-refractivity contribution < 1.29 is 8.42 Å². The van der Waals surface area contributed by atoms with E-state index in [1.807, 2.05) is 30.0 Å². The fourth-order valence-electron chi connectivity index (χ4n) is 1.93. The molecule has 110 valence electrons. The number of rotatable bonds is 6. The van der Waals surface area contributed by atoms with Crippen LogP contribution in [0.3, 0.4) is 0 Å². The molecule has 0 atom stereocenters. The van der Waals surface area contributed by atoms with Crippen molar-refractivity contribution in [2.45, 2.75) is 44.0 Å². The van der Waals surface area contributed by atoms with Gasteiger partial charge in [-0.05, 0) is 32.4 Å². The second kappa shape index (κ2) is 6.07. The SMILES string of the molecule is CCCn1nccc1-c1csc(S(=O)(=O)NC(C)C)c1. The van der Waals surface area contributed by atoms with Gasteiger partial charge in [0.15, 0.2) is 0 Å². The van der Waals surface area contributed by atoms with Gasteiger partial charge in [-0.15, -0.1) is 11.3 Å². The number of hydrogen-bond acceptors (Lipinski definition) is 4. The van der Waals surface area contributed by atoms with Crippen molar-refractivity contribution in [3.8, 4) is 11.3 Å². The molecule has 7 heteroatoms. The smallest absolute Gasteiger partial charge is 0.250 e. The Morgan fingerprint density at radius 3 is 2.85 bits per heavy atom. The van der Waals surface area contributed by atoms with Gasteiger partial charge in [0.1, 0.15) is 4.21 Å². The van der Waals surface area contributed by atoms with Crippen molar-refractivity contribution in [1.29, 1.82) is 0 Å². The lowest BCUT2D eigenvalue weighted by molar-refractivity contribution is 0.572. The summed E-state index contributed by atoms with van der Waals surface area (Å²) in [6.45, 7) is 6.52. The van der Waals surface area contributed by atoms with Crippen LogP contribution in [-0.4, -0.2) is 24.2 Å². The first-order chi connectivity index (χ1) is 9.44. The number of nitrogens with one attached hydrogen (secondary N) is 1. The third-order valence-corrected chi connectivity index (χ3v) is 5.78. The van der Waals surface area contributed by atoms with E-state index in [2.05, 4.69) is 16.7 Å². The quantitative estimate of drug-likeness (QED) is 0.892. The highest BCUT2D eigenvalue weighted by atomic mass is 32.2. The van der Waals surface area contributed by atoms with Crippen molar-refractivity contribution in [3.05, 3.63) is 23.7 Å². The topological polar surface area (TPSA) is 64.0 Å². The molecular formula is C13H19N3O2S2. The van der Waals surface area contributed by atoms with Gasteiger partial charge in [-0.3, -0.25) is 4.68 Å². The van der Waals surface area contributed by atoms with Gasteiger partial charge in [-0.2, -0.15) is 5.10 Å². The fraction of sp³-hybridized carbons (Fsp3) is 0.462. The number of aromatic nitrogens is 2. The minimum Gasteiger partial charge on any atom is -0.265 e. The summed E-state index contributed by atoms with van der Waals surface area (Å²) in [6.07, 6.45) is 2.72. The van der Waals surface area contributed by atoms with Crippen LogP contribution in [-0.2, 0) is 16.6 Å². The largest absolute Gasteiger partial charge is 0.265 e. The molecule has 0 aliphatic carbocycles. The highest BCUT2D eigenvalue weighted by Crippen LogP contribution is 2.28. The average molecular weight is 313 g/mol. The van der Waals surface area contributed by atoms with Gasteiger partial charge < -0.3 is 0 Å². The minimum atomic E-state index is -3.42. The molecule has 0 aliphatic rings. The molecular weight excluding hydrogens is 294 g/mol. The predicted octanol–water partition coefficient (Wildman–Crippen LogP) is 2.71. The molecule has 1 N–H and O–H groups in total. The van der Waals surface area contributed by atoms with Crippen LogP contribution in [0.15, 0.2) is 27.9 Å². The first-order valence-electron chi connectivity index (χ1n) is 6.57. The normalized spacial score (nSPS) is 12.2. The third kappa shape index (κ3) is 3.28. The van der Waals surface area contributed by atoms with E-state index in [-0.39, 0.29) is 6.04 Å². The zero-order chi connectivity index (χ0) is 14.8. The van der Waals surface area contributed by atoms with Crippen molar-refractivity contribution in [3.63, 3.8) is 0 Å². The van der Waals surface area contributed by atoms with E-state index < -0.39 is 10.0 Å². The fourth-order valence-corrected chi connectivity index (χ4v) is 4.37. The van der Waals surface area contributed by atoms with Crippen LogP contribution in [0.4, 0.5) is 0 Å². The minimum absolute atomic E-state index is 0.115. The van der Waals surface area contributed by atoms with E-state index in [4.69, 9.17) is 0 Å². The summed E-state index contributed by atoms with van der Waals surface area (Å²) in [7, 11) is -3.42. The van der Waals surface area contributed by atoms with Crippen LogP contribution >= 0.6 is 11.3 Å². The molecule has 2 rings (SSSR count). The summed E-state index contributed by atoms with van der Waals surface area (Å²) in [6, 6.07) is 3.50. The Kier molecular flexibility index (Phi) is 4.62. The van der Waals surface area contributed by atoms with Gasteiger partial charge >= 0.3 is 0 Å². The highest BCUT2D eigenvalue weighted by molar-refractivity contribution is 7.91. The van der Waals surface area contributed by atoms with E-state index >= 15 is 0 Å². The van der Waals surface area contributed by atoms with Crippen LogP contribution in [0.5, 0.6) is 0 Å². The molecule has 5 nitrogen and oxygen atoms in total. The number of sulfonamides is 1. The molecule has 0 amide bonds.